The number of nitrogens with one attached hydrogen (secondary N) is 1. The van der Waals surface area contributed by atoms with Gasteiger partial charge in [0.2, 0.25) is 5.78 Å². The topological polar surface area (TPSA) is 42.1 Å². The lowest BCUT2D eigenvalue weighted by molar-refractivity contribution is 0.104. The van der Waals surface area contributed by atoms with Crippen LogP contribution in [0.1, 0.15) is 20.8 Å². The maximum absolute atomic E-state index is 12.7. The van der Waals surface area contributed by atoms with Crippen molar-refractivity contribution in [2.24, 2.45) is 0 Å². The number of rotatable bonds is 3. The van der Waals surface area contributed by atoms with Crippen molar-refractivity contribution in [3.05, 3.63) is 50.3 Å². The van der Waals surface area contributed by atoms with Crippen LogP contribution in [0.5, 0.6) is 5.75 Å². The Hall–Kier alpha value is -1.59. The smallest absolute Gasteiger partial charge is 0.205 e. The lowest BCUT2D eigenvalue weighted by atomic mass is 10.1. The van der Waals surface area contributed by atoms with Crippen molar-refractivity contribution in [3.63, 3.8) is 0 Å². The van der Waals surface area contributed by atoms with Crippen LogP contribution in [0.2, 0.25) is 0 Å². The van der Waals surface area contributed by atoms with Gasteiger partial charge in [-0.05, 0) is 46.6 Å². The number of fused-ring (bicyclic) bond motifs is 1. The molecule has 0 aliphatic heterocycles. The van der Waals surface area contributed by atoms with Gasteiger partial charge in [0.1, 0.15) is 5.75 Å². The summed E-state index contributed by atoms with van der Waals surface area (Å²) in [6, 6.07) is 7.61. The van der Waals surface area contributed by atoms with Crippen LogP contribution in [0.3, 0.4) is 0 Å². The number of hydrogen-bond acceptors (Lipinski definition) is 3. The molecule has 2 aromatic heterocycles. The first kappa shape index (κ1) is 13.4. The molecule has 0 bridgehead atoms. The largest absolute Gasteiger partial charge is 0.496 e. The van der Waals surface area contributed by atoms with Gasteiger partial charge in [-0.2, -0.15) is 0 Å². The summed E-state index contributed by atoms with van der Waals surface area (Å²) in [5.41, 5.74) is 2.62. The Kier molecular flexibility index (Phi) is 3.40. The van der Waals surface area contributed by atoms with Gasteiger partial charge in [0.25, 0.3) is 0 Å². The lowest BCUT2D eigenvalue weighted by Crippen LogP contribution is -1.98. The van der Waals surface area contributed by atoms with Crippen molar-refractivity contribution >= 4 is 44.0 Å². The van der Waals surface area contributed by atoms with Gasteiger partial charge in [0, 0.05) is 11.7 Å². The number of aromatic nitrogens is 1. The highest BCUT2D eigenvalue weighted by molar-refractivity contribution is 9.11. The van der Waals surface area contributed by atoms with Crippen LogP contribution >= 0.6 is 27.3 Å². The van der Waals surface area contributed by atoms with Crippen LogP contribution in [-0.4, -0.2) is 17.9 Å². The third kappa shape index (κ3) is 2.07. The summed E-state index contributed by atoms with van der Waals surface area (Å²) in [6.07, 6.45) is 1.75. The zero-order valence-electron chi connectivity index (χ0n) is 11.0. The second-order valence-electron chi connectivity index (χ2n) is 4.48. The van der Waals surface area contributed by atoms with E-state index in [1.54, 1.807) is 13.3 Å². The molecule has 20 heavy (non-hydrogen) atoms. The fourth-order valence-electron chi connectivity index (χ4n) is 2.20. The summed E-state index contributed by atoms with van der Waals surface area (Å²) >= 11 is 4.91. The highest BCUT2D eigenvalue weighted by atomic mass is 79.9. The molecule has 0 radical (unpaired) electrons. The number of H-pyrrole nitrogens is 1. The number of aryl methyl sites for hydroxylation is 1. The zero-order valence-corrected chi connectivity index (χ0v) is 13.4. The van der Waals surface area contributed by atoms with Crippen LogP contribution in [0.25, 0.3) is 10.9 Å². The molecular formula is C15H12BrNO2S. The minimum absolute atomic E-state index is 0.0135. The van der Waals surface area contributed by atoms with E-state index < -0.39 is 0 Å². The maximum atomic E-state index is 12.7. The summed E-state index contributed by atoms with van der Waals surface area (Å²) in [5.74, 6) is 0.721. The van der Waals surface area contributed by atoms with Crippen molar-refractivity contribution in [2.75, 3.05) is 7.11 Å². The molecule has 3 nitrogen and oxygen atoms in total. The van der Waals surface area contributed by atoms with E-state index in [1.165, 1.54) is 11.3 Å². The number of aromatic amines is 1. The van der Waals surface area contributed by atoms with Gasteiger partial charge in [-0.15, -0.1) is 11.3 Å². The highest BCUT2D eigenvalue weighted by Gasteiger charge is 2.19. The van der Waals surface area contributed by atoms with E-state index in [-0.39, 0.29) is 5.78 Å². The number of hydrogen-bond donors (Lipinski definition) is 1. The third-order valence-corrected chi connectivity index (χ3v) is 5.35. The number of methoxy groups -OCH3 is 1. The van der Waals surface area contributed by atoms with E-state index in [0.29, 0.717) is 11.3 Å². The van der Waals surface area contributed by atoms with Gasteiger partial charge < -0.3 is 9.72 Å². The Morgan fingerprint density at radius 3 is 2.85 bits per heavy atom. The third-order valence-electron chi connectivity index (χ3n) is 3.21. The lowest BCUT2D eigenvalue weighted by Gasteiger charge is -2.03. The molecule has 0 aliphatic carbocycles. The average molecular weight is 350 g/mol. The predicted molar refractivity (Wildman–Crippen MR) is 85.0 cm³/mol. The second kappa shape index (κ2) is 5.07. The zero-order chi connectivity index (χ0) is 14.3. The van der Waals surface area contributed by atoms with Crippen molar-refractivity contribution < 1.29 is 9.53 Å². The molecule has 3 aromatic rings. The van der Waals surface area contributed by atoms with E-state index in [4.69, 9.17) is 4.74 Å². The molecule has 0 saturated heterocycles. The summed E-state index contributed by atoms with van der Waals surface area (Å²) in [5, 5.41) is 0.835. The molecule has 102 valence electrons. The Morgan fingerprint density at radius 1 is 1.40 bits per heavy atom. The fraction of sp³-hybridized carbons (Fsp3) is 0.133. The maximum Gasteiger partial charge on any atom is 0.205 e. The van der Waals surface area contributed by atoms with E-state index in [1.807, 2.05) is 31.2 Å². The van der Waals surface area contributed by atoms with E-state index in [2.05, 4.69) is 20.9 Å². The van der Waals surface area contributed by atoms with Gasteiger partial charge >= 0.3 is 0 Å². The average Bonchev–Trinajstić information content (AvgIpc) is 3.02. The summed E-state index contributed by atoms with van der Waals surface area (Å²) in [7, 11) is 1.61. The number of halogens is 1. The molecule has 2 heterocycles. The monoisotopic (exact) mass is 349 g/mol. The van der Waals surface area contributed by atoms with Crippen LogP contribution in [-0.2, 0) is 0 Å². The number of benzene rings is 1. The minimum atomic E-state index is 0.0135. The predicted octanol–water partition coefficient (Wildman–Crippen LogP) is 4.54. The van der Waals surface area contributed by atoms with E-state index >= 15 is 0 Å². The first-order chi connectivity index (χ1) is 9.61. The summed E-state index contributed by atoms with van der Waals surface area (Å²) in [6.45, 7) is 1.98. The summed E-state index contributed by atoms with van der Waals surface area (Å²) < 4.78 is 6.36. The Labute approximate surface area is 128 Å². The van der Waals surface area contributed by atoms with Gasteiger partial charge in [-0.25, -0.2) is 0 Å². The van der Waals surface area contributed by atoms with E-state index in [9.17, 15) is 4.79 Å². The number of carbonyl (C=O) groups is 1. The first-order valence-corrected chi connectivity index (χ1v) is 7.67. The van der Waals surface area contributed by atoms with Crippen molar-refractivity contribution in [3.8, 4) is 5.75 Å². The molecule has 1 N–H and O–H groups in total. The van der Waals surface area contributed by atoms with Crippen molar-refractivity contribution in [1.29, 1.82) is 0 Å². The van der Waals surface area contributed by atoms with Gasteiger partial charge in [0.15, 0.2) is 0 Å². The Morgan fingerprint density at radius 2 is 2.20 bits per heavy atom. The molecule has 0 saturated carbocycles. The first-order valence-electron chi connectivity index (χ1n) is 6.06. The van der Waals surface area contributed by atoms with Crippen LogP contribution < -0.4 is 4.74 Å². The molecular weight excluding hydrogens is 338 g/mol. The number of ether oxygens (including phenoxy) is 1. The Balaban J connectivity index is 2.17. The van der Waals surface area contributed by atoms with Crippen LogP contribution in [0.4, 0.5) is 0 Å². The highest BCUT2D eigenvalue weighted by Crippen LogP contribution is 2.33. The van der Waals surface area contributed by atoms with E-state index in [0.717, 1.165) is 25.1 Å². The van der Waals surface area contributed by atoms with Gasteiger partial charge in [0.05, 0.1) is 26.7 Å². The number of carbonyl (C=O) groups excluding carboxylic acids is 1. The Bertz CT molecular complexity index is 784. The van der Waals surface area contributed by atoms with Crippen LogP contribution in [0.15, 0.2) is 34.2 Å². The number of ketones is 1. The standard InChI is InChI=1S/C15H12BrNO2S/c1-8-6-12(20-15(8)16)14(18)9-7-17-10-4-3-5-11(19-2)13(9)10/h3-7,17H,1-2H3. The van der Waals surface area contributed by atoms with Gasteiger partial charge in [-0.1, -0.05) is 6.07 Å². The molecule has 0 atom stereocenters. The second-order valence-corrected chi connectivity index (χ2v) is 6.85. The number of thiophene rings is 1. The van der Waals surface area contributed by atoms with Crippen molar-refractivity contribution in [1.82, 2.24) is 4.98 Å². The molecule has 5 heteroatoms. The molecule has 0 unspecified atom stereocenters. The molecule has 1 aromatic carbocycles. The molecule has 3 rings (SSSR count). The van der Waals surface area contributed by atoms with Crippen molar-refractivity contribution in [2.45, 2.75) is 6.92 Å². The minimum Gasteiger partial charge on any atom is -0.496 e. The SMILES string of the molecule is COc1cccc2[nH]cc(C(=O)c3cc(C)c(Br)s3)c12. The molecule has 0 amide bonds. The van der Waals surface area contributed by atoms with Crippen LogP contribution in [0, 0.1) is 6.92 Å². The summed E-state index contributed by atoms with van der Waals surface area (Å²) in [4.78, 5) is 16.5. The fourth-order valence-corrected chi connectivity index (χ4v) is 3.69. The molecule has 0 fully saturated rings. The molecule has 0 aliphatic rings. The molecule has 0 spiro atoms. The quantitative estimate of drug-likeness (QED) is 0.705. The normalized spacial score (nSPS) is 10.9. The van der Waals surface area contributed by atoms with Gasteiger partial charge in [-0.3, -0.25) is 4.79 Å².